The van der Waals surface area contributed by atoms with Gasteiger partial charge in [0.2, 0.25) is 0 Å². The standard InChI is InChI=1S/C2H6BN.C2H3N.B/c1-4(2)3;1-2-3;/h1-2H3;1H,3H2;. The van der Waals surface area contributed by atoms with Gasteiger partial charge in [0.1, 0.15) is 0 Å². The van der Waals surface area contributed by atoms with Crippen molar-refractivity contribution >= 4 is 16.4 Å². The number of nitrogens with two attached hydrogens (primary N) is 1. The number of nitrogens with zero attached hydrogens (tertiary/aromatic N) is 1. The number of terminal acetylenes is 1. The zero-order valence-electron chi connectivity index (χ0n) is 5.26. The van der Waals surface area contributed by atoms with Crippen LogP contribution in [0.1, 0.15) is 0 Å². The first-order valence-electron chi connectivity index (χ1n) is 1.73. The number of hydrogen-bond donors (Lipinski definition) is 1. The van der Waals surface area contributed by atoms with E-state index < -0.39 is 0 Å². The van der Waals surface area contributed by atoms with Gasteiger partial charge in [-0.25, -0.2) is 0 Å². The van der Waals surface area contributed by atoms with Crippen LogP contribution in [0.15, 0.2) is 0 Å². The molecule has 0 aliphatic heterocycles. The Morgan fingerprint density at radius 1 is 1.62 bits per heavy atom. The molecular formula is C4H9B2N2. The van der Waals surface area contributed by atoms with Crippen LogP contribution < -0.4 is 5.73 Å². The van der Waals surface area contributed by atoms with Crippen LogP contribution in [0.4, 0.5) is 0 Å². The maximum absolute atomic E-state index is 4.94. The van der Waals surface area contributed by atoms with E-state index in [1.54, 1.807) is 20.1 Å². The smallest absolute Gasteiger partial charge is 0.181 e. The van der Waals surface area contributed by atoms with Gasteiger partial charge in [0.05, 0.1) is 0 Å². The minimum absolute atomic E-state index is 0. The summed E-state index contributed by atoms with van der Waals surface area (Å²) in [6, 6.07) is 1.75. The quantitative estimate of drug-likeness (QED) is 0.239. The molecule has 0 aromatic heterocycles. The van der Waals surface area contributed by atoms with E-state index in [4.69, 9.17) is 7.98 Å². The van der Waals surface area contributed by atoms with E-state index in [9.17, 15) is 0 Å². The Bertz CT molecular complexity index is 54.8. The molecule has 0 amide bonds. The second-order valence-corrected chi connectivity index (χ2v) is 1.13. The first-order valence-corrected chi connectivity index (χ1v) is 1.73. The highest BCUT2D eigenvalue weighted by atomic mass is 14.9. The first kappa shape index (κ1) is 15.7. The Morgan fingerprint density at radius 3 is 1.62 bits per heavy atom. The zero-order chi connectivity index (χ0) is 6.28. The molecule has 41 valence electrons. The van der Waals surface area contributed by atoms with Crippen LogP contribution in [-0.4, -0.2) is 35.3 Å². The van der Waals surface area contributed by atoms with E-state index in [0.29, 0.717) is 0 Å². The summed E-state index contributed by atoms with van der Waals surface area (Å²) in [5.74, 6) is 0. The lowest BCUT2D eigenvalue weighted by atomic mass is 10.4. The third-order valence-corrected chi connectivity index (χ3v) is 0. The molecule has 0 aromatic rings. The molecule has 0 saturated heterocycles. The van der Waals surface area contributed by atoms with E-state index in [0.717, 1.165) is 0 Å². The van der Waals surface area contributed by atoms with Crippen molar-refractivity contribution < 1.29 is 0 Å². The van der Waals surface area contributed by atoms with Crippen molar-refractivity contribution in [3.8, 4) is 12.5 Å². The second-order valence-electron chi connectivity index (χ2n) is 1.13. The molecule has 0 rings (SSSR count). The summed E-state index contributed by atoms with van der Waals surface area (Å²) in [6.45, 7) is 0. The lowest BCUT2D eigenvalue weighted by Crippen LogP contribution is -2.02. The molecule has 0 unspecified atom stereocenters. The molecule has 0 atom stereocenters. The fourth-order valence-electron chi connectivity index (χ4n) is 0. The Labute approximate surface area is 54.4 Å². The van der Waals surface area contributed by atoms with Gasteiger partial charge in [0.15, 0.2) is 7.98 Å². The largest absolute Gasteiger partial charge is 0.360 e. The molecule has 8 heavy (non-hydrogen) atoms. The molecule has 0 aromatic carbocycles. The topological polar surface area (TPSA) is 29.3 Å². The Morgan fingerprint density at radius 2 is 1.62 bits per heavy atom. The van der Waals surface area contributed by atoms with E-state index in [2.05, 4.69) is 12.2 Å². The van der Waals surface area contributed by atoms with Gasteiger partial charge in [0.25, 0.3) is 0 Å². The maximum atomic E-state index is 4.94. The minimum atomic E-state index is 0. The normalized spacial score (nSPS) is 5.25. The van der Waals surface area contributed by atoms with Crippen LogP contribution in [-0.2, 0) is 0 Å². The highest BCUT2D eigenvalue weighted by Crippen LogP contribution is 1.44. The van der Waals surface area contributed by atoms with Crippen LogP contribution in [0, 0.1) is 12.5 Å². The van der Waals surface area contributed by atoms with Gasteiger partial charge in [0, 0.05) is 8.41 Å². The van der Waals surface area contributed by atoms with Gasteiger partial charge in [-0.1, -0.05) is 6.42 Å². The molecule has 5 radical (unpaired) electrons. The van der Waals surface area contributed by atoms with Crippen molar-refractivity contribution in [2.45, 2.75) is 0 Å². The van der Waals surface area contributed by atoms with Gasteiger partial charge in [-0.2, -0.15) is 0 Å². The molecule has 0 aliphatic carbocycles. The molecular weight excluding hydrogens is 97.7 g/mol. The molecule has 0 aliphatic rings. The van der Waals surface area contributed by atoms with Gasteiger partial charge >= 0.3 is 0 Å². The van der Waals surface area contributed by atoms with Gasteiger partial charge < -0.3 is 10.5 Å². The predicted octanol–water partition coefficient (Wildman–Crippen LogP) is -1.21. The second kappa shape index (κ2) is 16.1. The summed E-state index contributed by atoms with van der Waals surface area (Å²) in [5.41, 5.74) is 4.38. The molecule has 0 saturated carbocycles. The summed E-state index contributed by atoms with van der Waals surface area (Å²) in [7, 11) is 8.50. The average molecular weight is 107 g/mol. The van der Waals surface area contributed by atoms with E-state index in [1.165, 1.54) is 4.81 Å². The highest BCUT2D eigenvalue weighted by molar-refractivity contribution is 6.03. The fourth-order valence-corrected chi connectivity index (χ4v) is 0. The molecule has 4 heteroatoms. The van der Waals surface area contributed by atoms with Crippen molar-refractivity contribution in [2.75, 3.05) is 14.1 Å². The van der Waals surface area contributed by atoms with Crippen LogP contribution in [0.5, 0.6) is 0 Å². The number of hydrogen-bond acceptors (Lipinski definition) is 2. The Hall–Kier alpha value is -0.550. The lowest BCUT2D eigenvalue weighted by Gasteiger charge is -1.90. The molecule has 2 N–H and O–H groups in total. The lowest BCUT2D eigenvalue weighted by molar-refractivity contribution is 0.679. The summed E-state index contributed by atoms with van der Waals surface area (Å²) in [5, 5.41) is 0. The van der Waals surface area contributed by atoms with Gasteiger partial charge in [-0.05, 0) is 20.1 Å². The van der Waals surface area contributed by atoms with Crippen LogP contribution in [0.2, 0.25) is 0 Å². The van der Waals surface area contributed by atoms with E-state index in [-0.39, 0.29) is 8.41 Å². The van der Waals surface area contributed by atoms with E-state index >= 15 is 0 Å². The monoisotopic (exact) mass is 107 g/mol. The van der Waals surface area contributed by atoms with Crippen molar-refractivity contribution in [1.29, 1.82) is 0 Å². The van der Waals surface area contributed by atoms with Crippen molar-refractivity contribution in [3.63, 3.8) is 0 Å². The molecule has 0 heterocycles. The summed E-state index contributed by atoms with van der Waals surface area (Å²) in [4.78, 5) is 1.50. The van der Waals surface area contributed by atoms with Crippen LogP contribution in [0.3, 0.4) is 0 Å². The van der Waals surface area contributed by atoms with E-state index in [1.807, 2.05) is 0 Å². The summed E-state index contributed by atoms with van der Waals surface area (Å²) < 4.78 is 0. The van der Waals surface area contributed by atoms with Gasteiger partial charge in [-0.3, -0.25) is 0 Å². The predicted molar refractivity (Wildman–Crippen MR) is 38.2 cm³/mol. The fraction of sp³-hybridized carbons (Fsp3) is 0.500. The van der Waals surface area contributed by atoms with Crippen LogP contribution >= 0.6 is 0 Å². The summed E-state index contributed by atoms with van der Waals surface area (Å²) >= 11 is 0. The zero-order valence-corrected chi connectivity index (χ0v) is 5.26. The van der Waals surface area contributed by atoms with Crippen LogP contribution in [0.25, 0.3) is 0 Å². The maximum Gasteiger partial charge on any atom is 0.181 e. The van der Waals surface area contributed by atoms with Crippen molar-refractivity contribution in [3.05, 3.63) is 0 Å². The Balaban J connectivity index is -0.0000000575. The third-order valence-electron chi connectivity index (χ3n) is 0. The molecule has 0 spiro atoms. The SMILES string of the molecule is C#CN.[B].[B]N(C)C. The minimum Gasteiger partial charge on any atom is -0.360 e. The average Bonchev–Trinajstić information content (AvgIpc) is 1.33. The molecule has 2 nitrogen and oxygen atoms in total. The van der Waals surface area contributed by atoms with Crippen molar-refractivity contribution in [2.24, 2.45) is 5.73 Å². The summed E-state index contributed by atoms with van der Waals surface area (Å²) in [6.07, 6.45) is 4.38. The third kappa shape index (κ3) is 357. The van der Waals surface area contributed by atoms with Gasteiger partial charge in [-0.15, -0.1) is 0 Å². The Kier molecular flexibility index (Phi) is 31.5. The number of rotatable bonds is 0. The highest BCUT2D eigenvalue weighted by Gasteiger charge is 1.59. The first-order chi connectivity index (χ1) is 3.15. The molecule has 0 fully saturated rings. The molecule has 0 bridgehead atoms. The van der Waals surface area contributed by atoms with Crippen molar-refractivity contribution in [1.82, 2.24) is 4.81 Å².